The van der Waals surface area contributed by atoms with E-state index in [-0.39, 0.29) is 12.0 Å². The van der Waals surface area contributed by atoms with Crippen LogP contribution in [0.1, 0.15) is 17.1 Å². The lowest BCUT2D eigenvalue weighted by Gasteiger charge is -2.32. The Morgan fingerprint density at radius 3 is 3.04 bits per heavy atom. The average molecular weight is 371 g/mol. The van der Waals surface area contributed by atoms with Crippen molar-refractivity contribution in [2.45, 2.75) is 35.8 Å². The third kappa shape index (κ3) is 3.49. The van der Waals surface area contributed by atoms with Crippen molar-refractivity contribution < 1.29 is 13.9 Å². The highest BCUT2D eigenvalue weighted by atomic mass is 32.2. The van der Waals surface area contributed by atoms with E-state index in [0.717, 1.165) is 17.1 Å². The Morgan fingerprint density at radius 2 is 2.23 bits per heavy atom. The van der Waals surface area contributed by atoms with E-state index >= 15 is 0 Å². The van der Waals surface area contributed by atoms with Crippen LogP contribution in [-0.2, 0) is 29.0 Å². The molecule has 4 rings (SSSR count). The van der Waals surface area contributed by atoms with E-state index in [4.69, 9.17) is 9.15 Å². The second kappa shape index (κ2) is 7.30. The number of imidazole rings is 1. The molecule has 26 heavy (non-hydrogen) atoms. The van der Waals surface area contributed by atoms with Crippen LogP contribution in [0.3, 0.4) is 0 Å². The number of nitrogens with one attached hydrogen (secondary N) is 1. The van der Waals surface area contributed by atoms with Crippen molar-refractivity contribution in [1.29, 1.82) is 0 Å². The molecule has 1 N–H and O–H groups in total. The van der Waals surface area contributed by atoms with Gasteiger partial charge in [0.2, 0.25) is 0 Å². The van der Waals surface area contributed by atoms with Gasteiger partial charge in [0.05, 0.1) is 31.4 Å². The number of esters is 1. The molecule has 1 aliphatic heterocycles. The quantitative estimate of drug-likeness (QED) is 0.538. The first-order valence-corrected chi connectivity index (χ1v) is 8.91. The number of aromatic nitrogens is 4. The van der Waals surface area contributed by atoms with Gasteiger partial charge >= 0.3 is 5.97 Å². The number of carbonyl (C=O) groups excluding carboxylic acids is 1. The minimum atomic E-state index is -0.380. The van der Waals surface area contributed by atoms with Gasteiger partial charge in [-0.15, -0.1) is 0 Å². The molecule has 3 aromatic heterocycles. The van der Waals surface area contributed by atoms with Crippen LogP contribution in [0.25, 0.3) is 0 Å². The van der Waals surface area contributed by atoms with E-state index in [1.165, 1.54) is 18.9 Å². The molecular weight excluding hydrogens is 354 g/mol. The molecule has 3 aromatic rings. The van der Waals surface area contributed by atoms with E-state index in [1.54, 1.807) is 24.8 Å². The van der Waals surface area contributed by atoms with Crippen molar-refractivity contribution in [3.8, 4) is 0 Å². The Labute approximate surface area is 154 Å². The summed E-state index contributed by atoms with van der Waals surface area (Å²) in [5.41, 5.74) is 1.93. The van der Waals surface area contributed by atoms with Gasteiger partial charge < -0.3 is 14.1 Å². The maximum absolute atomic E-state index is 12.2. The predicted molar refractivity (Wildman–Crippen MR) is 92.2 cm³/mol. The van der Waals surface area contributed by atoms with E-state index in [2.05, 4.69) is 19.9 Å². The summed E-state index contributed by atoms with van der Waals surface area (Å²) < 4.78 is 10.8. The first-order valence-electron chi connectivity index (χ1n) is 8.09. The molecule has 1 aliphatic rings. The Balaban J connectivity index is 1.49. The number of hydrogen-bond acceptors (Lipinski definition) is 8. The fourth-order valence-electron chi connectivity index (χ4n) is 2.95. The van der Waals surface area contributed by atoms with Crippen LogP contribution in [0.2, 0.25) is 0 Å². The fraction of sp³-hybridized carbons (Fsp3) is 0.294. The summed E-state index contributed by atoms with van der Waals surface area (Å²) in [4.78, 5) is 30.0. The second-order valence-corrected chi connectivity index (χ2v) is 6.80. The van der Waals surface area contributed by atoms with Gasteiger partial charge in [-0.25, -0.2) is 15.0 Å². The highest BCUT2D eigenvalue weighted by Crippen LogP contribution is 2.28. The molecule has 134 valence electrons. The van der Waals surface area contributed by atoms with Crippen LogP contribution < -0.4 is 0 Å². The molecule has 9 heteroatoms. The second-order valence-electron chi connectivity index (χ2n) is 5.83. The molecule has 8 nitrogen and oxygen atoms in total. The van der Waals surface area contributed by atoms with Gasteiger partial charge in [-0.3, -0.25) is 9.69 Å². The van der Waals surface area contributed by atoms with Gasteiger partial charge in [0.15, 0.2) is 10.2 Å². The molecule has 1 atom stereocenters. The number of ether oxygens (including phenoxy) is 1. The van der Waals surface area contributed by atoms with E-state index in [1.807, 2.05) is 17.0 Å². The number of aromatic amines is 1. The maximum Gasteiger partial charge on any atom is 0.323 e. The first-order chi connectivity index (χ1) is 12.7. The van der Waals surface area contributed by atoms with Gasteiger partial charge in [0, 0.05) is 25.4 Å². The van der Waals surface area contributed by atoms with E-state index < -0.39 is 0 Å². The third-order valence-corrected chi connectivity index (χ3v) is 5.01. The Bertz CT molecular complexity index is 895. The predicted octanol–water partition coefficient (Wildman–Crippen LogP) is 2.04. The molecule has 0 bridgehead atoms. The number of carbonyl (C=O) groups is 1. The number of rotatable bonds is 5. The number of methoxy groups -OCH3 is 1. The molecule has 0 fully saturated rings. The normalized spacial score (nSPS) is 17.0. The number of H-pyrrole nitrogens is 1. The van der Waals surface area contributed by atoms with Crippen molar-refractivity contribution in [3.05, 3.63) is 54.1 Å². The van der Waals surface area contributed by atoms with Crippen molar-refractivity contribution in [2.75, 3.05) is 7.11 Å². The van der Waals surface area contributed by atoms with Crippen LogP contribution in [0.5, 0.6) is 0 Å². The van der Waals surface area contributed by atoms with E-state index in [9.17, 15) is 4.79 Å². The summed E-state index contributed by atoms with van der Waals surface area (Å²) in [6.45, 7) is 1.08. The van der Waals surface area contributed by atoms with Crippen molar-refractivity contribution in [1.82, 2.24) is 24.8 Å². The summed E-state index contributed by atoms with van der Waals surface area (Å²) in [5.74, 6) is 0.498. The Morgan fingerprint density at radius 1 is 1.38 bits per heavy atom. The van der Waals surface area contributed by atoms with Gasteiger partial charge in [0.1, 0.15) is 11.8 Å². The summed E-state index contributed by atoms with van der Waals surface area (Å²) in [6.07, 6.45) is 5.56. The lowest BCUT2D eigenvalue weighted by Crippen LogP contribution is -2.45. The summed E-state index contributed by atoms with van der Waals surface area (Å²) in [7, 11) is 1.40. The number of furan rings is 1. The average Bonchev–Trinajstić information content (AvgIpc) is 3.30. The topological polar surface area (TPSA) is 97.1 Å². The molecule has 0 amide bonds. The smallest absolute Gasteiger partial charge is 0.323 e. The lowest BCUT2D eigenvalue weighted by molar-refractivity contribution is -0.148. The van der Waals surface area contributed by atoms with Crippen LogP contribution in [0, 0.1) is 0 Å². The molecule has 0 aliphatic carbocycles. The number of nitrogens with zero attached hydrogens (tertiary/aromatic N) is 4. The standard InChI is InChI=1S/C17H17N5O3S/c1-24-16(23)14-7-12-13(21-10-20-12)9-22(14)8-11-3-4-15(25-11)26-17-18-5-2-6-19-17/h2-6,10,14H,7-9H2,1H3,(H,20,21)/t14-/m1/s1. The molecular formula is C17H17N5O3S. The highest BCUT2D eigenvalue weighted by molar-refractivity contribution is 7.99. The van der Waals surface area contributed by atoms with Crippen LogP contribution in [0.15, 0.2) is 51.6 Å². The first kappa shape index (κ1) is 16.8. The zero-order valence-electron chi connectivity index (χ0n) is 14.1. The molecule has 0 unspecified atom stereocenters. The van der Waals surface area contributed by atoms with Crippen molar-refractivity contribution in [2.24, 2.45) is 0 Å². The van der Waals surface area contributed by atoms with Gasteiger partial charge in [-0.05, 0) is 30.0 Å². The Kier molecular flexibility index (Phi) is 4.72. The molecule has 0 radical (unpaired) electrons. The summed E-state index contributed by atoms with van der Waals surface area (Å²) in [6, 6.07) is 5.18. The molecule has 0 saturated carbocycles. The van der Waals surface area contributed by atoms with Gasteiger partial charge in [-0.1, -0.05) is 0 Å². The van der Waals surface area contributed by atoms with Crippen LogP contribution in [0.4, 0.5) is 0 Å². The molecule has 0 saturated heterocycles. The maximum atomic E-state index is 12.2. The zero-order valence-corrected chi connectivity index (χ0v) is 14.9. The van der Waals surface area contributed by atoms with Crippen molar-refractivity contribution >= 4 is 17.7 Å². The monoisotopic (exact) mass is 371 g/mol. The van der Waals surface area contributed by atoms with E-state index in [0.29, 0.717) is 29.8 Å². The molecule has 0 aromatic carbocycles. The zero-order chi connectivity index (χ0) is 17.9. The third-order valence-electron chi connectivity index (χ3n) is 4.20. The van der Waals surface area contributed by atoms with Gasteiger partial charge in [0.25, 0.3) is 0 Å². The minimum Gasteiger partial charge on any atom is -0.468 e. The summed E-state index contributed by atoms with van der Waals surface area (Å²) >= 11 is 1.36. The Hall–Kier alpha value is -2.65. The highest BCUT2D eigenvalue weighted by Gasteiger charge is 2.34. The minimum absolute atomic E-state index is 0.266. The van der Waals surface area contributed by atoms with Crippen LogP contribution in [-0.4, -0.2) is 44.0 Å². The van der Waals surface area contributed by atoms with Crippen molar-refractivity contribution in [3.63, 3.8) is 0 Å². The largest absolute Gasteiger partial charge is 0.468 e. The lowest BCUT2D eigenvalue weighted by atomic mass is 10.0. The number of fused-ring (bicyclic) bond motifs is 1. The molecule has 4 heterocycles. The molecule has 0 spiro atoms. The number of hydrogen-bond donors (Lipinski definition) is 1. The SMILES string of the molecule is COC(=O)[C@H]1Cc2nc[nH]c2CN1Cc1ccc(Sc2ncccn2)o1. The fourth-order valence-corrected chi connectivity index (χ4v) is 3.64. The van der Waals surface area contributed by atoms with Crippen LogP contribution >= 0.6 is 11.8 Å². The van der Waals surface area contributed by atoms with Gasteiger partial charge in [-0.2, -0.15) is 0 Å². The summed E-state index contributed by atoms with van der Waals surface area (Å²) in [5, 5.41) is 1.33.